The topological polar surface area (TPSA) is 36.5 Å². The van der Waals surface area contributed by atoms with Crippen molar-refractivity contribution in [3.63, 3.8) is 0 Å². The minimum absolute atomic E-state index is 0.130. The van der Waals surface area contributed by atoms with Gasteiger partial charge in [0, 0.05) is 30.5 Å². The third-order valence-electron chi connectivity index (χ3n) is 4.93. The quantitative estimate of drug-likeness (QED) is 0.629. The number of nitrogens with zero attached hydrogens (tertiary/aromatic N) is 1. The molecule has 2 aromatic rings. The van der Waals surface area contributed by atoms with E-state index in [-0.39, 0.29) is 12.1 Å². The van der Waals surface area contributed by atoms with Crippen LogP contribution in [0.15, 0.2) is 48.5 Å². The van der Waals surface area contributed by atoms with Gasteiger partial charge in [0.15, 0.2) is 5.11 Å². The molecule has 1 heterocycles. The van der Waals surface area contributed by atoms with Gasteiger partial charge in [-0.25, -0.2) is 0 Å². The molecule has 0 radical (unpaired) electrons. The maximum absolute atomic E-state index is 5.74. The lowest BCUT2D eigenvalue weighted by molar-refractivity contribution is 0.242. The molecule has 28 heavy (non-hydrogen) atoms. The molecule has 1 aliphatic rings. The van der Waals surface area contributed by atoms with E-state index < -0.39 is 0 Å². The third kappa shape index (κ3) is 5.86. The smallest absolute Gasteiger partial charge is 0.171 e. The number of piperidine rings is 1. The molecule has 5 heteroatoms. The average molecular weight is 398 g/mol. The molecule has 1 aliphatic heterocycles. The van der Waals surface area contributed by atoms with E-state index in [1.54, 1.807) is 0 Å². The molecular weight excluding hydrogens is 366 g/mol. The number of benzene rings is 2. The van der Waals surface area contributed by atoms with Crippen LogP contribution in [0.4, 0.5) is 11.4 Å². The normalized spacial score (nSPS) is 15.2. The van der Waals surface area contributed by atoms with E-state index in [1.165, 1.54) is 43.6 Å². The van der Waals surface area contributed by atoms with Crippen LogP contribution < -0.4 is 20.3 Å². The van der Waals surface area contributed by atoms with Crippen molar-refractivity contribution in [1.82, 2.24) is 5.32 Å². The first-order chi connectivity index (χ1) is 13.5. The molecule has 2 aromatic carbocycles. The van der Waals surface area contributed by atoms with Crippen molar-refractivity contribution in [3.05, 3.63) is 54.1 Å². The Morgan fingerprint density at radius 2 is 1.71 bits per heavy atom. The van der Waals surface area contributed by atoms with Gasteiger partial charge < -0.3 is 20.3 Å². The second kappa shape index (κ2) is 9.78. The Kier molecular flexibility index (Phi) is 7.15. The zero-order chi connectivity index (χ0) is 19.9. The highest BCUT2D eigenvalue weighted by Crippen LogP contribution is 2.23. The molecular formula is C23H31N3OS. The minimum Gasteiger partial charge on any atom is -0.491 e. The van der Waals surface area contributed by atoms with Gasteiger partial charge >= 0.3 is 0 Å². The molecule has 150 valence electrons. The maximum Gasteiger partial charge on any atom is 0.171 e. The zero-order valence-corrected chi connectivity index (χ0v) is 17.9. The highest BCUT2D eigenvalue weighted by atomic mass is 32.1. The predicted octanol–water partition coefficient (Wildman–Crippen LogP) is 5.51. The number of hydrogen-bond donors (Lipinski definition) is 2. The van der Waals surface area contributed by atoms with E-state index in [1.807, 2.05) is 38.1 Å². The number of ether oxygens (including phenoxy) is 1. The standard InChI is InChI=1S/C23H31N3OS/c1-17(2)27-22-9-7-8-20(16-22)25-23(28)24-18(3)19-10-12-21(13-11-19)26-14-5-4-6-15-26/h7-13,16-18H,4-6,14-15H2,1-3H3,(H2,24,25,28). The fraction of sp³-hybridized carbons (Fsp3) is 0.435. The van der Waals surface area contributed by atoms with Crippen LogP contribution in [0.25, 0.3) is 0 Å². The molecule has 1 fully saturated rings. The maximum atomic E-state index is 5.74. The van der Waals surface area contributed by atoms with Crippen LogP contribution in [-0.2, 0) is 0 Å². The van der Waals surface area contributed by atoms with Gasteiger partial charge in [-0.1, -0.05) is 18.2 Å². The van der Waals surface area contributed by atoms with Crippen LogP contribution >= 0.6 is 12.2 Å². The first-order valence-corrected chi connectivity index (χ1v) is 10.6. The summed E-state index contributed by atoms with van der Waals surface area (Å²) < 4.78 is 5.74. The lowest BCUT2D eigenvalue weighted by Gasteiger charge is -2.29. The zero-order valence-electron chi connectivity index (χ0n) is 17.1. The number of rotatable bonds is 6. The molecule has 1 saturated heterocycles. The monoisotopic (exact) mass is 397 g/mol. The fourth-order valence-corrected chi connectivity index (χ4v) is 3.79. The van der Waals surface area contributed by atoms with E-state index >= 15 is 0 Å². The fourth-order valence-electron chi connectivity index (χ4n) is 3.49. The summed E-state index contributed by atoms with van der Waals surface area (Å²) in [5.74, 6) is 0.837. The molecule has 2 N–H and O–H groups in total. The molecule has 0 aliphatic carbocycles. The van der Waals surface area contributed by atoms with Crippen LogP contribution in [0.1, 0.15) is 51.6 Å². The predicted molar refractivity (Wildman–Crippen MR) is 122 cm³/mol. The Hall–Kier alpha value is -2.27. The first-order valence-electron chi connectivity index (χ1n) is 10.2. The summed E-state index contributed by atoms with van der Waals surface area (Å²) in [6, 6.07) is 16.8. The van der Waals surface area contributed by atoms with Crippen LogP contribution in [0.3, 0.4) is 0 Å². The summed E-state index contributed by atoms with van der Waals surface area (Å²) in [6.45, 7) is 8.50. The number of thiocarbonyl (C=S) groups is 1. The summed E-state index contributed by atoms with van der Waals surface area (Å²) in [7, 11) is 0. The minimum atomic E-state index is 0.130. The van der Waals surface area contributed by atoms with E-state index in [0.717, 1.165) is 11.4 Å². The van der Waals surface area contributed by atoms with E-state index in [9.17, 15) is 0 Å². The van der Waals surface area contributed by atoms with E-state index in [0.29, 0.717) is 5.11 Å². The van der Waals surface area contributed by atoms with Gasteiger partial charge in [0.25, 0.3) is 0 Å². The Labute approximate surface area is 174 Å². The second-order valence-corrected chi connectivity index (χ2v) is 8.06. The van der Waals surface area contributed by atoms with Crippen molar-refractivity contribution < 1.29 is 4.74 Å². The van der Waals surface area contributed by atoms with Crippen molar-refractivity contribution in [2.45, 2.75) is 52.2 Å². The van der Waals surface area contributed by atoms with Gasteiger partial charge in [-0.2, -0.15) is 0 Å². The largest absolute Gasteiger partial charge is 0.491 e. The van der Waals surface area contributed by atoms with Crippen molar-refractivity contribution in [1.29, 1.82) is 0 Å². The number of hydrogen-bond acceptors (Lipinski definition) is 3. The van der Waals surface area contributed by atoms with Crippen molar-refractivity contribution in [2.24, 2.45) is 0 Å². The lowest BCUT2D eigenvalue weighted by atomic mass is 10.1. The molecule has 1 atom stereocenters. The van der Waals surface area contributed by atoms with Crippen LogP contribution in [0.2, 0.25) is 0 Å². The van der Waals surface area contributed by atoms with Gasteiger partial charge in [-0.05, 0) is 82.1 Å². The highest BCUT2D eigenvalue weighted by molar-refractivity contribution is 7.80. The van der Waals surface area contributed by atoms with Crippen LogP contribution in [0.5, 0.6) is 5.75 Å². The molecule has 0 bridgehead atoms. The van der Waals surface area contributed by atoms with Gasteiger partial charge in [-0.15, -0.1) is 0 Å². The SMILES string of the molecule is CC(C)Oc1cccc(NC(=S)NC(C)c2ccc(N3CCCCC3)cc2)c1. The van der Waals surface area contributed by atoms with Gasteiger partial charge in [0.2, 0.25) is 0 Å². The van der Waals surface area contributed by atoms with Gasteiger partial charge in [-0.3, -0.25) is 0 Å². The molecule has 0 spiro atoms. The van der Waals surface area contributed by atoms with Crippen molar-refractivity contribution in [2.75, 3.05) is 23.3 Å². The Bertz CT molecular complexity index is 770. The van der Waals surface area contributed by atoms with Crippen LogP contribution in [0, 0.1) is 0 Å². The lowest BCUT2D eigenvalue weighted by Crippen LogP contribution is -2.31. The summed E-state index contributed by atoms with van der Waals surface area (Å²) >= 11 is 5.50. The Morgan fingerprint density at radius 3 is 2.39 bits per heavy atom. The number of nitrogens with one attached hydrogen (secondary N) is 2. The molecule has 0 amide bonds. The van der Waals surface area contributed by atoms with E-state index in [4.69, 9.17) is 17.0 Å². The molecule has 4 nitrogen and oxygen atoms in total. The van der Waals surface area contributed by atoms with Crippen molar-refractivity contribution >= 4 is 28.7 Å². The first kappa shape index (κ1) is 20.5. The summed E-state index contributed by atoms with van der Waals surface area (Å²) in [4.78, 5) is 2.48. The highest BCUT2D eigenvalue weighted by Gasteiger charge is 2.12. The van der Waals surface area contributed by atoms with E-state index in [2.05, 4.69) is 46.7 Å². The summed E-state index contributed by atoms with van der Waals surface area (Å²) in [5, 5.41) is 7.23. The summed E-state index contributed by atoms with van der Waals surface area (Å²) in [6.07, 6.45) is 4.09. The molecule has 3 rings (SSSR count). The van der Waals surface area contributed by atoms with Gasteiger partial charge in [0.05, 0.1) is 12.1 Å². The molecule has 1 unspecified atom stereocenters. The summed E-state index contributed by atoms with van der Waals surface area (Å²) in [5.41, 5.74) is 3.46. The van der Waals surface area contributed by atoms with Crippen molar-refractivity contribution in [3.8, 4) is 5.75 Å². The van der Waals surface area contributed by atoms with Gasteiger partial charge in [0.1, 0.15) is 5.75 Å². The second-order valence-electron chi connectivity index (χ2n) is 7.65. The average Bonchev–Trinajstić information content (AvgIpc) is 2.68. The third-order valence-corrected chi connectivity index (χ3v) is 5.15. The van der Waals surface area contributed by atoms with Crippen LogP contribution in [-0.4, -0.2) is 24.3 Å². The Balaban J connectivity index is 1.55. The number of anilines is 2. The molecule has 0 saturated carbocycles. The molecule has 0 aromatic heterocycles. The Morgan fingerprint density at radius 1 is 1.00 bits per heavy atom.